The van der Waals surface area contributed by atoms with Crippen molar-refractivity contribution < 1.29 is 9.90 Å². The summed E-state index contributed by atoms with van der Waals surface area (Å²) in [5.41, 5.74) is 6.18. The van der Waals surface area contributed by atoms with Crippen molar-refractivity contribution in [2.75, 3.05) is 24.3 Å². The molecular weight excluding hydrogens is 252 g/mol. The zero-order chi connectivity index (χ0) is 13.9. The maximum absolute atomic E-state index is 12.0. The van der Waals surface area contributed by atoms with E-state index in [2.05, 4.69) is 10.4 Å². The van der Waals surface area contributed by atoms with Crippen molar-refractivity contribution in [1.29, 1.82) is 0 Å². The van der Waals surface area contributed by atoms with Crippen molar-refractivity contribution in [2.24, 2.45) is 7.05 Å². The van der Waals surface area contributed by atoms with Gasteiger partial charge in [0.25, 0.3) is 5.91 Å². The van der Waals surface area contributed by atoms with Crippen LogP contribution < -0.4 is 11.1 Å². The van der Waals surface area contributed by atoms with Gasteiger partial charge in [0.2, 0.25) is 0 Å². The molecule has 1 amide bonds. The fraction of sp³-hybridized carbons (Fsp3) is 0.636. The first-order chi connectivity index (χ1) is 8.28. The van der Waals surface area contributed by atoms with E-state index in [0.29, 0.717) is 22.8 Å². The maximum atomic E-state index is 12.0. The third kappa shape index (κ3) is 3.39. The number of nitrogen functional groups attached to an aromatic ring is 1. The highest BCUT2D eigenvalue weighted by Gasteiger charge is 2.23. The van der Waals surface area contributed by atoms with E-state index in [0.717, 1.165) is 0 Å². The molecule has 1 atom stereocenters. The highest BCUT2D eigenvalue weighted by Crippen LogP contribution is 2.15. The van der Waals surface area contributed by atoms with Gasteiger partial charge in [0.05, 0.1) is 17.0 Å². The largest absolute Gasteiger partial charge is 0.395 e. The first-order valence-electron chi connectivity index (χ1n) is 5.57. The lowest BCUT2D eigenvalue weighted by molar-refractivity contribution is 0.0720. The Balaban J connectivity index is 2.72. The van der Waals surface area contributed by atoms with E-state index in [1.807, 2.05) is 6.26 Å². The molecule has 4 N–H and O–H groups in total. The van der Waals surface area contributed by atoms with Crippen LogP contribution in [0.4, 0.5) is 5.69 Å². The van der Waals surface area contributed by atoms with E-state index in [9.17, 15) is 9.90 Å². The third-order valence-electron chi connectivity index (χ3n) is 2.57. The lowest BCUT2D eigenvalue weighted by Gasteiger charge is -2.22. The minimum Gasteiger partial charge on any atom is -0.395 e. The monoisotopic (exact) mass is 272 g/mol. The highest BCUT2D eigenvalue weighted by atomic mass is 32.2. The molecule has 0 saturated heterocycles. The average molecular weight is 272 g/mol. The molecule has 0 aliphatic carbocycles. The van der Waals surface area contributed by atoms with Crippen molar-refractivity contribution in [2.45, 2.75) is 19.4 Å². The maximum Gasteiger partial charge on any atom is 0.271 e. The fourth-order valence-corrected chi connectivity index (χ4v) is 2.38. The van der Waals surface area contributed by atoms with Crippen LogP contribution in [-0.2, 0) is 7.05 Å². The third-order valence-corrected chi connectivity index (χ3v) is 3.48. The van der Waals surface area contributed by atoms with Crippen molar-refractivity contribution in [1.82, 2.24) is 15.1 Å². The number of aliphatic hydroxyl groups is 1. The summed E-state index contributed by atoms with van der Waals surface area (Å²) in [7, 11) is 1.66. The molecule has 0 aliphatic heterocycles. The van der Waals surface area contributed by atoms with Gasteiger partial charge in [-0.05, 0) is 20.1 Å². The van der Waals surface area contributed by atoms with Crippen LogP contribution >= 0.6 is 11.8 Å². The van der Waals surface area contributed by atoms with Crippen LogP contribution in [0.5, 0.6) is 0 Å². The number of carbonyl (C=O) groups excluding carboxylic acids is 1. The standard InChI is InChI=1S/C11H20N4O2S/c1-7-8(12)9(15(3)14-7)10(16)13-5-11(2,17)6-18-4/h17H,5-6,12H2,1-4H3,(H,13,16). The van der Waals surface area contributed by atoms with Crippen LogP contribution in [0, 0.1) is 6.92 Å². The molecule has 0 saturated carbocycles. The van der Waals surface area contributed by atoms with Crippen LogP contribution in [0.25, 0.3) is 0 Å². The topological polar surface area (TPSA) is 93.2 Å². The number of thioether (sulfide) groups is 1. The molecule has 6 nitrogen and oxygen atoms in total. The van der Waals surface area contributed by atoms with Gasteiger partial charge in [-0.15, -0.1) is 0 Å². The average Bonchev–Trinajstić information content (AvgIpc) is 2.50. The first-order valence-corrected chi connectivity index (χ1v) is 6.96. The predicted molar refractivity (Wildman–Crippen MR) is 73.7 cm³/mol. The van der Waals surface area contributed by atoms with Crippen molar-refractivity contribution in [3.8, 4) is 0 Å². The second-order valence-corrected chi connectivity index (χ2v) is 5.45. The van der Waals surface area contributed by atoms with Gasteiger partial charge in [0.1, 0.15) is 5.69 Å². The molecule has 0 fully saturated rings. The van der Waals surface area contributed by atoms with Gasteiger partial charge < -0.3 is 16.2 Å². The summed E-state index contributed by atoms with van der Waals surface area (Å²) >= 11 is 1.52. The number of anilines is 1. The summed E-state index contributed by atoms with van der Waals surface area (Å²) in [4.78, 5) is 12.0. The van der Waals surface area contributed by atoms with E-state index in [1.54, 1.807) is 20.9 Å². The van der Waals surface area contributed by atoms with Crippen LogP contribution in [0.15, 0.2) is 0 Å². The van der Waals surface area contributed by atoms with Crippen molar-refractivity contribution >= 4 is 23.4 Å². The summed E-state index contributed by atoms with van der Waals surface area (Å²) in [6.07, 6.45) is 1.90. The summed E-state index contributed by atoms with van der Waals surface area (Å²) in [6.45, 7) is 3.61. The molecule has 0 aromatic carbocycles. The Bertz CT molecular complexity index is 442. The van der Waals surface area contributed by atoms with E-state index >= 15 is 0 Å². The second-order valence-electron chi connectivity index (χ2n) is 4.58. The summed E-state index contributed by atoms with van der Waals surface area (Å²) < 4.78 is 1.45. The molecule has 1 aromatic heterocycles. The number of nitrogens with zero attached hydrogens (tertiary/aromatic N) is 2. The lowest BCUT2D eigenvalue weighted by atomic mass is 10.1. The molecule has 1 unspecified atom stereocenters. The molecule has 1 heterocycles. The summed E-state index contributed by atoms with van der Waals surface area (Å²) in [6, 6.07) is 0. The molecule has 18 heavy (non-hydrogen) atoms. The number of rotatable bonds is 5. The normalized spacial score (nSPS) is 14.3. The van der Waals surface area contributed by atoms with E-state index in [4.69, 9.17) is 5.73 Å². The van der Waals surface area contributed by atoms with E-state index < -0.39 is 5.60 Å². The molecule has 7 heteroatoms. The highest BCUT2D eigenvalue weighted by molar-refractivity contribution is 7.98. The fourth-order valence-electron chi connectivity index (χ4n) is 1.66. The zero-order valence-corrected chi connectivity index (χ0v) is 12.0. The Morgan fingerprint density at radius 1 is 1.67 bits per heavy atom. The number of aryl methyl sites for hydroxylation is 2. The van der Waals surface area contributed by atoms with Gasteiger partial charge in [-0.1, -0.05) is 0 Å². The Labute approximate surface area is 111 Å². The number of hydrogen-bond donors (Lipinski definition) is 3. The van der Waals surface area contributed by atoms with Crippen LogP contribution in [0.2, 0.25) is 0 Å². The number of hydrogen-bond acceptors (Lipinski definition) is 5. The number of nitrogens with two attached hydrogens (primary N) is 1. The van der Waals surface area contributed by atoms with E-state index in [-0.39, 0.29) is 12.5 Å². The predicted octanol–water partition coefficient (Wildman–Crippen LogP) is 0.155. The SMILES string of the molecule is CSCC(C)(O)CNC(=O)c1c(N)c(C)nn1C. The summed E-state index contributed by atoms with van der Waals surface area (Å²) in [5, 5.41) is 16.7. The number of amides is 1. The summed E-state index contributed by atoms with van der Waals surface area (Å²) in [5.74, 6) is 0.227. The minimum absolute atomic E-state index is 0.177. The van der Waals surface area contributed by atoms with Crippen molar-refractivity contribution in [3.05, 3.63) is 11.4 Å². The molecular formula is C11H20N4O2S. The van der Waals surface area contributed by atoms with Gasteiger partial charge in [-0.3, -0.25) is 9.48 Å². The minimum atomic E-state index is -0.933. The Morgan fingerprint density at radius 2 is 2.28 bits per heavy atom. The number of carbonyl (C=O) groups is 1. The van der Waals surface area contributed by atoms with Gasteiger partial charge in [0.15, 0.2) is 0 Å². The Kier molecular flexibility index (Phi) is 4.64. The Hall–Kier alpha value is -1.21. The van der Waals surface area contributed by atoms with Crippen molar-refractivity contribution in [3.63, 3.8) is 0 Å². The van der Waals surface area contributed by atoms with E-state index in [1.165, 1.54) is 16.4 Å². The molecule has 0 spiro atoms. The number of nitrogens with one attached hydrogen (secondary N) is 1. The first kappa shape index (κ1) is 14.8. The smallest absolute Gasteiger partial charge is 0.271 e. The second kappa shape index (κ2) is 5.62. The van der Waals surface area contributed by atoms with Gasteiger partial charge in [-0.25, -0.2) is 0 Å². The molecule has 0 aliphatic rings. The molecule has 0 radical (unpaired) electrons. The van der Waals surface area contributed by atoms with Crippen LogP contribution in [0.1, 0.15) is 23.1 Å². The number of aromatic nitrogens is 2. The molecule has 1 rings (SSSR count). The van der Waals surface area contributed by atoms with Gasteiger partial charge in [0, 0.05) is 19.3 Å². The lowest BCUT2D eigenvalue weighted by Crippen LogP contribution is -2.43. The van der Waals surface area contributed by atoms with Crippen LogP contribution in [0.3, 0.4) is 0 Å². The Morgan fingerprint density at radius 3 is 2.72 bits per heavy atom. The van der Waals surface area contributed by atoms with Gasteiger partial charge in [-0.2, -0.15) is 16.9 Å². The quantitative estimate of drug-likeness (QED) is 0.709. The molecule has 0 bridgehead atoms. The van der Waals surface area contributed by atoms with Crippen LogP contribution in [-0.4, -0.2) is 44.9 Å². The molecule has 102 valence electrons. The molecule has 1 aromatic rings. The zero-order valence-electron chi connectivity index (χ0n) is 11.1. The van der Waals surface area contributed by atoms with Gasteiger partial charge >= 0.3 is 0 Å².